The number of carbonyl (C=O) groups excluding carboxylic acids is 1. The van der Waals surface area contributed by atoms with Crippen molar-refractivity contribution >= 4 is 13.7 Å². The van der Waals surface area contributed by atoms with E-state index in [1.807, 2.05) is 0 Å². The van der Waals surface area contributed by atoms with Gasteiger partial charge in [0.05, 0.1) is 0 Å². The molecule has 0 bridgehead atoms. The molecular weight excluding hydrogens is 391 g/mol. The standard InChI is InChI=1S/C21H44N2O.H3O4P/c1-4-5-6-7-8-9-10-11-12-13-14-15-16-18-21(24)22-19-17-20-23(2)3;1-5(2,3)4/h4-20H2,1-3H3,(H,22,24);(H3,1,2,3,4)/p-3. The van der Waals surface area contributed by atoms with Crippen LogP contribution < -0.4 is 20.0 Å². The van der Waals surface area contributed by atoms with Crippen LogP contribution in [0.25, 0.3) is 0 Å². The molecule has 0 aliphatic heterocycles. The normalized spacial score (nSPS) is 11.3. The van der Waals surface area contributed by atoms with Crippen LogP contribution in [0.2, 0.25) is 0 Å². The first kappa shape index (κ1) is 30.7. The van der Waals surface area contributed by atoms with Crippen LogP contribution in [-0.2, 0) is 9.36 Å². The third-order valence-electron chi connectivity index (χ3n) is 4.61. The van der Waals surface area contributed by atoms with E-state index in [9.17, 15) is 4.79 Å². The lowest BCUT2D eigenvalue weighted by Crippen LogP contribution is -2.26. The zero-order valence-corrected chi connectivity index (χ0v) is 19.9. The van der Waals surface area contributed by atoms with Gasteiger partial charge in [-0.05, 0) is 33.5 Å². The summed E-state index contributed by atoms with van der Waals surface area (Å²) < 4.78 is 8.55. The third-order valence-corrected chi connectivity index (χ3v) is 4.61. The Labute approximate surface area is 178 Å². The summed E-state index contributed by atoms with van der Waals surface area (Å²) in [6.45, 7) is 4.13. The van der Waals surface area contributed by atoms with Gasteiger partial charge in [-0.2, -0.15) is 7.82 Å². The van der Waals surface area contributed by atoms with Crippen molar-refractivity contribution in [1.82, 2.24) is 10.2 Å². The minimum absolute atomic E-state index is 0.233. The van der Waals surface area contributed by atoms with Gasteiger partial charge in [-0.25, -0.2) is 0 Å². The SMILES string of the molecule is CCCCCCCCCCCCCCCC(=O)NCCCN(C)C.O=P([O-])([O-])[O-]. The molecule has 0 aromatic carbocycles. The Bertz CT molecular complexity index is 394. The summed E-state index contributed by atoms with van der Waals surface area (Å²) in [6.07, 6.45) is 19.3. The number of nitrogens with zero attached hydrogens (tertiary/aromatic N) is 1. The zero-order valence-electron chi connectivity index (χ0n) is 19.0. The van der Waals surface area contributed by atoms with Crippen LogP contribution in [0.3, 0.4) is 0 Å². The fraction of sp³-hybridized carbons (Fsp3) is 0.952. The summed E-state index contributed by atoms with van der Waals surface area (Å²) in [6, 6.07) is 0. The van der Waals surface area contributed by atoms with E-state index in [1.54, 1.807) is 0 Å². The van der Waals surface area contributed by atoms with Crippen LogP contribution in [0, 0.1) is 0 Å². The number of hydrogen-bond acceptors (Lipinski definition) is 6. The smallest absolute Gasteiger partial charge is 0.219 e. The summed E-state index contributed by atoms with van der Waals surface area (Å²) in [5, 5.41) is 3.02. The number of rotatable bonds is 18. The molecule has 7 nitrogen and oxygen atoms in total. The first-order chi connectivity index (χ1) is 13.7. The van der Waals surface area contributed by atoms with Crippen molar-refractivity contribution in [2.24, 2.45) is 0 Å². The van der Waals surface area contributed by atoms with E-state index >= 15 is 0 Å². The van der Waals surface area contributed by atoms with Crippen molar-refractivity contribution in [3.8, 4) is 0 Å². The molecule has 0 unspecified atom stereocenters. The van der Waals surface area contributed by atoms with E-state index in [2.05, 4.69) is 31.2 Å². The molecule has 29 heavy (non-hydrogen) atoms. The fourth-order valence-corrected chi connectivity index (χ4v) is 3.01. The molecule has 0 rings (SSSR count). The molecule has 0 fully saturated rings. The maximum absolute atomic E-state index is 11.7. The van der Waals surface area contributed by atoms with Gasteiger partial charge in [-0.1, -0.05) is 84.0 Å². The van der Waals surface area contributed by atoms with Crippen LogP contribution >= 0.6 is 7.82 Å². The summed E-state index contributed by atoms with van der Waals surface area (Å²) in [5.41, 5.74) is 0. The maximum atomic E-state index is 11.7. The van der Waals surface area contributed by atoms with E-state index in [-0.39, 0.29) is 5.91 Å². The molecule has 0 aromatic heterocycles. The summed E-state index contributed by atoms with van der Waals surface area (Å²) in [4.78, 5) is 39.5. The molecule has 0 aliphatic carbocycles. The average molecular weight is 436 g/mol. The zero-order chi connectivity index (χ0) is 22.4. The number of nitrogens with one attached hydrogen (secondary N) is 1. The largest absolute Gasteiger partial charge is 0.822 e. The molecule has 0 aromatic rings. The minimum atomic E-state index is -5.39. The van der Waals surface area contributed by atoms with Crippen molar-refractivity contribution in [3.63, 3.8) is 0 Å². The second-order valence-electron chi connectivity index (χ2n) is 7.95. The van der Waals surface area contributed by atoms with Crippen molar-refractivity contribution in [2.75, 3.05) is 27.2 Å². The highest BCUT2D eigenvalue weighted by Crippen LogP contribution is 2.12. The molecule has 0 radical (unpaired) electrons. The van der Waals surface area contributed by atoms with Crippen molar-refractivity contribution in [1.29, 1.82) is 0 Å². The van der Waals surface area contributed by atoms with Gasteiger partial charge < -0.3 is 29.5 Å². The van der Waals surface area contributed by atoms with E-state index in [4.69, 9.17) is 19.2 Å². The molecule has 0 spiro atoms. The quantitative estimate of drug-likeness (QED) is 0.261. The molecule has 1 amide bonds. The number of amides is 1. The fourth-order valence-electron chi connectivity index (χ4n) is 3.01. The van der Waals surface area contributed by atoms with Gasteiger partial charge in [0, 0.05) is 13.0 Å². The second-order valence-corrected chi connectivity index (χ2v) is 8.84. The Hall–Kier alpha value is -0.460. The molecule has 1 N–H and O–H groups in total. The monoisotopic (exact) mass is 435 g/mol. The molecular formula is C21H44N2O5P-3. The van der Waals surface area contributed by atoms with E-state index in [0.717, 1.165) is 25.9 Å². The van der Waals surface area contributed by atoms with Gasteiger partial charge in [-0.3, -0.25) is 4.79 Å². The summed E-state index contributed by atoms with van der Waals surface area (Å²) >= 11 is 0. The minimum Gasteiger partial charge on any atom is -0.822 e. The number of hydrogen-bond donors (Lipinski definition) is 1. The Morgan fingerprint density at radius 3 is 1.52 bits per heavy atom. The molecule has 0 atom stereocenters. The van der Waals surface area contributed by atoms with E-state index in [0.29, 0.717) is 6.42 Å². The molecule has 0 heterocycles. The highest BCUT2D eigenvalue weighted by atomic mass is 31.2. The van der Waals surface area contributed by atoms with Crippen molar-refractivity contribution in [2.45, 2.75) is 103 Å². The van der Waals surface area contributed by atoms with Crippen molar-refractivity contribution in [3.05, 3.63) is 0 Å². The van der Waals surface area contributed by atoms with Crippen LogP contribution in [0.5, 0.6) is 0 Å². The van der Waals surface area contributed by atoms with Crippen LogP contribution in [0.15, 0.2) is 0 Å². The lowest BCUT2D eigenvalue weighted by Gasteiger charge is -2.36. The van der Waals surface area contributed by atoms with Gasteiger partial charge in [-0.15, -0.1) is 0 Å². The molecule has 176 valence electrons. The second kappa shape index (κ2) is 22.2. The number of phosphoric acid groups is 1. The van der Waals surface area contributed by atoms with Crippen molar-refractivity contribution < 1.29 is 24.0 Å². The van der Waals surface area contributed by atoms with Gasteiger partial charge >= 0.3 is 0 Å². The van der Waals surface area contributed by atoms with E-state index < -0.39 is 7.82 Å². The topological polar surface area (TPSA) is 119 Å². The predicted octanol–water partition coefficient (Wildman–Crippen LogP) is 2.71. The van der Waals surface area contributed by atoms with Crippen LogP contribution in [-0.4, -0.2) is 38.0 Å². The Morgan fingerprint density at radius 2 is 1.14 bits per heavy atom. The first-order valence-corrected chi connectivity index (χ1v) is 12.8. The van der Waals surface area contributed by atoms with E-state index in [1.165, 1.54) is 77.0 Å². The number of unbranched alkanes of at least 4 members (excludes halogenated alkanes) is 12. The Balaban J connectivity index is 0. The Morgan fingerprint density at radius 1 is 0.759 bits per heavy atom. The third kappa shape index (κ3) is 38.7. The maximum Gasteiger partial charge on any atom is 0.219 e. The Kier molecular flexibility index (Phi) is 23.6. The average Bonchev–Trinajstić information content (AvgIpc) is 2.61. The van der Waals surface area contributed by atoms with Crippen LogP contribution in [0.1, 0.15) is 103 Å². The lowest BCUT2D eigenvalue weighted by molar-refractivity contribution is -0.432. The molecule has 0 aliphatic rings. The van der Waals surface area contributed by atoms with Gasteiger partial charge in [0.1, 0.15) is 0 Å². The molecule has 0 saturated carbocycles. The lowest BCUT2D eigenvalue weighted by atomic mass is 10.0. The molecule has 8 heteroatoms. The van der Waals surface area contributed by atoms with Gasteiger partial charge in [0.15, 0.2) is 0 Å². The highest BCUT2D eigenvalue weighted by Gasteiger charge is 2.00. The highest BCUT2D eigenvalue weighted by molar-refractivity contribution is 7.40. The summed E-state index contributed by atoms with van der Waals surface area (Å²) in [5.74, 6) is 0.233. The number of carbonyl (C=O) groups is 1. The van der Waals surface area contributed by atoms with Gasteiger partial charge in [0.2, 0.25) is 5.91 Å². The van der Waals surface area contributed by atoms with Crippen LogP contribution in [0.4, 0.5) is 0 Å². The van der Waals surface area contributed by atoms with Gasteiger partial charge in [0.25, 0.3) is 0 Å². The summed E-state index contributed by atoms with van der Waals surface area (Å²) in [7, 11) is -1.26. The molecule has 0 saturated heterocycles. The predicted molar refractivity (Wildman–Crippen MR) is 114 cm³/mol. The first-order valence-electron chi connectivity index (χ1n) is 11.3.